The average Bonchev–Trinajstić information content (AvgIpc) is 3.21. The second kappa shape index (κ2) is 4.60. The van der Waals surface area contributed by atoms with Gasteiger partial charge in [0.25, 0.3) is 5.56 Å². The van der Waals surface area contributed by atoms with E-state index in [-0.39, 0.29) is 10.6 Å². The number of nitrogens with zero attached hydrogens (tertiary/aromatic N) is 2. The average molecular weight is 302 g/mol. The van der Waals surface area contributed by atoms with E-state index in [9.17, 15) is 4.79 Å². The molecule has 4 nitrogen and oxygen atoms in total. The van der Waals surface area contributed by atoms with Crippen LogP contribution in [0.2, 0.25) is 5.02 Å². The van der Waals surface area contributed by atoms with Gasteiger partial charge in [0, 0.05) is 19.0 Å². The number of anilines is 1. The third kappa shape index (κ3) is 1.97. The summed E-state index contributed by atoms with van der Waals surface area (Å²) in [7, 11) is 1.60. The quantitative estimate of drug-likeness (QED) is 0.927. The molecule has 0 amide bonds. The number of hydrogen-bond donors (Lipinski definition) is 1. The van der Waals surface area contributed by atoms with Gasteiger partial charge in [-0.05, 0) is 29.9 Å². The molecule has 3 unspecified atom stereocenters. The van der Waals surface area contributed by atoms with Crippen LogP contribution < -0.4 is 10.9 Å². The van der Waals surface area contributed by atoms with E-state index in [0.29, 0.717) is 23.6 Å². The molecule has 5 heteroatoms. The van der Waals surface area contributed by atoms with E-state index in [0.717, 1.165) is 6.42 Å². The van der Waals surface area contributed by atoms with Crippen molar-refractivity contribution < 1.29 is 0 Å². The van der Waals surface area contributed by atoms with Crippen molar-refractivity contribution >= 4 is 17.3 Å². The van der Waals surface area contributed by atoms with Gasteiger partial charge in [-0.25, -0.2) is 4.68 Å². The van der Waals surface area contributed by atoms with Crippen molar-refractivity contribution in [3.05, 3.63) is 57.0 Å². The molecule has 0 saturated heterocycles. The highest BCUT2D eigenvalue weighted by Gasteiger charge is 2.53. The van der Waals surface area contributed by atoms with E-state index in [1.54, 1.807) is 13.2 Å². The Bertz CT molecular complexity index is 770. The molecule has 1 heterocycles. The van der Waals surface area contributed by atoms with Gasteiger partial charge in [0.1, 0.15) is 5.02 Å². The first kappa shape index (κ1) is 12.9. The van der Waals surface area contributed by atoms with Crippen molar-refractivity contribution in [2.75, 3.05) is 5.32 Å². The van der Waals surface area contributed by atoms with Crippen molar-refractivity contribution in [3.63, 3.8) is 0 Å². The summed E-state index contributed by atoms with van der Waals surface area (Å²) >= 11 is 6.13. The summed E-state index contributed by atoms with van der Waals surface area (Å²) in [6.07, 6.45) is 3.97. The largest absolute Gasteiger partial charge is 0.379 e. The van der Waals surface area contributed by atoms with Gasteiger partial charge >= 0.3 is 0 Å². The van der Waals surface area contributed by atoms with Crippen LogP contribution in [0.4, 0.5) is 5.69 Å². The molecule has 2 aromatic rings. The zero-order valence-electron chi connectivity index (χ0n) is 11.7. The van der Waals surface area contributed by atoms with Crippen LogP contribution >= 0.6 is 11.6 Å². The predicted molar refractivity (Wildman–Crippen MR) is 82.9 cm³/mol. The summed E-state index contributed by atoms with van der Waals surface area (Å²) in [6, 6.07) is 9.00. The Morgan fingerprint density at radius 2 is 2.19 bits per heavy atom. The Balaban J connectivity index is 1.62. The molecule has 2 aliphatic rings. The monoisotopic (exact) mass is 301 g/mol. The van der Waals surface area contributed by atoms with Gasteiger partial charge in [-0.1, -0.05) is 35.9 Å². The molecule has 1 N–H and O–H groups in total. The Morgan fingerprint density at radius 3 is 3.05 bits per heavy atom. The van der Waals surface area contributed by atoms with Gasteiger partial charge in [-0.3, -0.25) is 4.79 Å². The number of rotatable bonds is 2. The molecule has 1 saturated carbocycles. The number of fused-ring (bicyclic) bond motifs is 3. The van der Waals surface area contributed by atoms with E-state index in [1.165, 1.54) is 22.2 Å². The lowest BCUT2D eigenvalue weighted by Gasteiger charge is -2.13. The van der Waals surface area contributed by atoms with Gasteiger partial charge in [-0.2, -0.15) is 5.10 Å². The van der Waals surface area contributed by atoms with Crippen LogP contribution in [0.3, 0.4) is 0 Å². The number of aryl methyl sites for hydroxylation is 2. The van der Waals surface area contributed by atoms with Crippen LogP contribution in [0.25, 0.3) is 0 Å². The fraction of sp³-hybridized carbons (Fsp3) is 0.375. The molecule has 21 heavy (non-hydrogen) atoms. The maximum absolute atomic E-state index is 11.8. The molecule has 108 valence electrons. The molecule has 0 bridgehead atoms. The lowest BCUT2D eigenvalue weighted by Crippen LogP contribution is -2.21. The standard InChI is InChI=1S/C16H16ClN3O/c1-20-16(21)14(17)12(8-18-20)19-15-11-7-6-9-4-2-3-5-10(9)13(11)15/h2-5,8,11,13,15,19H,6-7H2,1H3. The third-order valence-corrected chi connectivity index (χ3v) is 5.10. The van der Waals surface area contributed by atoms with Crippen molar-refractivity contribution in [1.29, 1.82) is 0 Å². The van der Waals surface area contributed by atoms with Crippen molar-refractivity contribution in [3.8, 4) is 0 Å². The zero-order chi connectivity index (χ0) is 14.6. The summed E-state index contributed by atoms with van der Waals surface area (Å²) in [4.78, 5) is 11.8. The molecule has 0 aliphatic heterocycles. The van der Waals surface area contributed by atoms with Crippen LogP contribution in [-0.2, 0) is 13.5 Å². The first-order valence-corrected chi connectivity index (χ1v) is 7.61. The third-order valence-electron chi connectivity index (χ3n) is 4.73. The molecule has 0 spiro atoms. The van der Waals surface area contributed by atoms with Crippen LogP contribution in [-0.4, -0.2) is 15.8 Å². The molecular weight excluding hydrogens is 286 g/mol. The summed E-state index contributed by atoms with van der Waals surface area (Å²) in [5, 5.41) is 7.69. The van der Waals surface area contributed by atoms with E-state index >= 15 is 0 Å². The van der Waals surface area contributed by atoms with E-state index in [4.69, 9.17) is 11.6 Å². The molecular formula is C16H16ClN3O. The minimum absolute atomic E-state index is 0.226. The van der Waals surface area contributed by atoms with Gasteiger partial charge in [0.05, 0.1) is 11.9 Å². The summed E-state index contributed by atoms with van der Waals surface area (Å²) in [5.41, 5.74) is 3.29. The van der Waals surface area contributed by atoms with E-state index in [1.807, 2.05) is 0 Å². The highest BCUT2D eigenvalue weighted by molar-refractivity contribution is 6.32. The molecule has 1 fully saturated rings. The molecule has 1 aromatic heterocycles. The van der Waals surface area contributed by atoms with Crippen LogP contribution in [0.15, 0.2) is 35.3 Å². The SMILES string of the molecule is Cn1ncc(NC2C3CCc4ccccc4C32)c(Cl)c1=O. The first-order valence-electron chi connectivity index (χ1n) is 7.23. The molecule has 4 rings (SSSR count). The van der Waals surface area contributed by atoms with E-state index < -0.39 is 0 Å². The van der Waals surface area contributed by atoms with Gasteiger partial charge in [0.15, 0.2) is 0 Å². The predicted octanol–water partition coefficient (Wildman–Crippen LogP) is 2.57. The summed E-state index contributed by atoms with van der Waals surface area (Å²) < 4.78 is 1.25. The summed E-state index contributed by atoms with van der Waals surface area (Å²) in [6.45, 7) is 0. The Kier molecular flexibility index (Phi) is 2.82. The van der Waals surface area contributed by atoms with Crippen LogP contribution in [0.1, 0.15) is 23.5 Å². The van der Waals surface area contributed by atoms with Crippen LogP contribution in [0, 0.1) is 5.92 Å². The molecule has 3 atom stereocenters. The van der Waals surface area contributed by atoms with E-state index in [2.05, 4.69) is 34.7 Å². The number of nitrogens with one attached hydrogen (secondary N) is 1. The normalized spacial score (nSPS) is 25.9. The minimum atomic E-state index is -0.259. The number of hydrogen-bond acceptors (Lipinski definition) is 3. The summed E-state index contributed by atoms with van der Waals surface area (Å²) in [5.74, 6) is 1.18. The second-order valence-corrected chi connectivity index (χ2v) is 6.28. The van der Waals surface area contributed by atoms with Crippen molar-refractivity contribution in [2.45, 2.75) is 24.8 Å². The fourth-order valence-electron chi connectivity index (χ4n) is 3.55. The Morgan fingerprint density at radius 1 is 1.38 bits per heavy atom. The maximum Gasteiger partial charge on any atom is 0.287 e. The van der Waals surface area contributed by atoms with Crippen LogP contribution in [0.5, 0.6) is 0 Å². The number of aromatic nitrogens is 2. The van der Waals surface area contributed by atoms with Crippen molar-refractivity contribution in [1.82, 2.24) is 9.78 Å². The smallest absolute Gasteiger partial charge is 0.287 e. The number of halogens is 1. The fourth-order valence-corrected chi connectivity index (χ4v) is 3.78. The highest BCUT2D eigenvalue weighted by Crippen LogP contribution is 2.55. The number of benzene rings is 1. The highest BCUT2D eigenvalue weighted by atomic mass is 35.5. The lowest BCUT2D eigenvalue weighted by molar-refractivity contribution is 0.661. The van der Waals surface area contributed by atoms with Gasteiger partial charge in [-0.15, -0.1) is 0 Å². The zero-order valence-corrected chi connectivity index (χ0v) is 12.5. The first-order chi connectivity index (χ1) is 10.2. The Hall–Kier alpha value is -1.81. The molecule has 2 aliphatic carbocycles. The lowest BCUT2D eigenvalue weighted by atomic mass is 9.92. The topological polar surface area (TPSA) is 46.9 Å². The maximum atomic E-state index is 11.8. The molecule has 0 radical (unpaired) electrons. The van der Waals surface area contributed by atoms with Crippen molar-refractivity contribution in [2.24, 2.45) is 13.0 Å². The second-order valence-electron chi connectivity index (χ2n) is 5.90. The molecule has 1 aromatic carbocycles. The Labute approximate surface area is 127 Å². The van der Waals surface area contributed by atoms with Gasteiger partial charge < -0.3 is 5.32 Å². The minimum Gasteiger partial charge on any atom is -0.379 e. The van der Waals surface area contributed by atoms with Gasteiger partial charge in [0.2, 0.25) is 0 Å².